The average molecular weight is 266 g/mol. The summed E-state index contributed by atoms with van der Waals surface area (Å²) in [5.41, 5.74) is 2.04. The van der Waals surface area contributed by atoms with Crippen molar-refractivity contribution in [2.75, 3.05) is 5.32 Å². The van der Waals surface area contributed by atoms with Crippen LogP contribution in [-0.4, -0.2) is 5.78 Å². The van der Waals surface area contributed by atoms with Crippen LogP contribution in [-0.2, 0) is 4.79 Å². The van der Waals surface area contributed by atoms with Gasteiger partial charge in [0.1, 0.15) is 0 Å². The molecule has 0 fully saturated rings. The first kappa shape index (κ1) is 10.4. The lowest BCUT2D eigenvalue weighted by Gasteiger charge is -2.14. The van der Waals surface area contributed by atoms with Crippen molar-refractivity contribution >= 4 is 27.4 Å². The van der Waals surface area contributed by atoms with E-state index in [2.05, 4.69) is 21.2 Å². The largest absolute Gasteiger partial charge is 0.359 e. The molecule has 0 aromatic heterocycles. The van der Waals surface area contributed by atoms with Crippen LogP contribution in [0.15, 0.2) is 40.5 Å². The summed E-state index contributed by atoms with van der Waals surface area (Å²) < 4.78 is 1.04. The molecule has 1 aliphatic carbocycles. The van der Waals surface area contributed by atoms with Crippen LogP contribution in [0.4, 0.5) is 5.69 Å². The summed E-state index contributed by atoms with van der Waals surface area (Å²) in [7, 11) is 0. The molecule has 0 heterocycles. The van der Waals surface area contributed by atoms with Crippen molar-refractivity contribution in [3.05, 3.63) is 40.5 Å². The Morgan fingerprint density at radius 3 is 2.87 bits per heavy atom. The second kappa shape index (κ2) is 4.62. The third-order valence-electron chi connectivity index (χ3n) is 2.33. The number of hydrogen-bond donors (Lipinski definition) is 1. The van der Waals surface area contributed by atoms with Gasteiger partial charge in [0.2, 0.25) is 0 Å². The quantitative estimate of drug-likeness (QED) is 0.887. The number of halogens is 1. The Morgan fingerprint density at radius 1 is 1.27 bits per heavy atom. The molecule has 78 valence electrons. The lowest BCUT2D eigenvalue weighted by atomic mass is 10.0. The van der Waals surface area contributed by atoms with Crippen LogP contribution in [0.3, 0.4) is 0 Å². The SMILES string of the molecule is O=C1C=C(Nc2cccc(Br)c2)CCC1. The van der Waals surface area contributed by atoms with E-state index >= 15 is 0 Å². The van der Waals surface area contributed by atoms with Crippen LogP contribution in [0.25, 0.3) is 0 Å². The summed E-state index contributed by atoms with van der Waals surface area (Å²) in [6.45, 7) is 0. The molecular weight excluding hydrogens is 254 g/mol. The molecule has 0 atom stereocenters. The Hall–Kier alpha value is -1.09. The van der Waals surface area contributed by atoms with Gasteiger partial charge < -0.3 is 5.32 Å². The highest BCUT2D eigenvalue weighted by Gasteiger charge is 2.09. The summed E-state index contributed by atoms with van der Waals surface area (Å²) in [5.74, 6) is 0.221. The Labute approximate surface area is 97.5 Å². The summed E-state index contributed by atoms with van der Waals surface area (Å²) in [6, 6.07) is 7.94. The Bertz CT molecular complexity index is 412. The van der Waals surface area contributed by atoms with E-state index in [4.69, 9.17) is 0 Å². The van der Waals surface area contributed by atoms with Crippen LogP contribution in [0.1, 0.15) is 19.3 Å². The van der Waals surface area contributed by atoms with Crippen LogP contribution in [0.2, 0.25) is 0 Å². The van der Waals surface area contributed by atoms with E-state index in [0.717, 1.165) is 28.7 Å². The molecule has 0 saturated carbocycles. The lowest BCUT2D eigenvalue weighted by molar-refractivity contribution is -0.115. The van der Waals surface area contributed by atoms with Gasteiger partial charge in [-0.1, -0.05) is 22.0 Å². The fraction of sp³-hybridized carbons (Fsp3) is 0.250. The van der Waals surface area contributed by atoms with Gasteiger partial charge >= 0.3 is 0 Å². The molecule has 1 N–H and O–H groups in total. The smallest absolute Gasteiger partial charge is 0.157 e. The zero-order chi connectivity index (χ0) is 10.7. The molecule has 3 heteroatoms. The summed E-state index contributed by atoms with van der Waals surface area (Å²) in [4.78, 5) is 11.2. The van der Waals surface area contributed by atoms with Gasteiger partial charge in [0.15, 0.2) is 5.78 Å². The van der Waals surface area contributed by atoms with Crippen molar-refractivity contribution in [3.63, 3.8) is 0 Å². The van der Waals surface area contributed by atoms with Crippen molar-refractivity contribution < 1.29 is 4.79 Å². The Balaban J connectivity index is 2.11. The maximum Gasteiger partial charge on any atom is 0.157 e. The van der Waals surface area contributed by atoms with Gasteiger partial charge in [-0.05, 0) is 31.0 Å². The first-order chi connectivity index (χ1) is 7.24. The number of carbonyl (C=O) groups is 1. The lowest BCUT2D eigenvalue weighted by Crippen LogP contribution is -2.08. The van der Waals surface area contributed by atoms with E-state index in [-0.39, 0.29) is 5.78 Å². The van der Waals surface area contributed by atoms with Gasteiger partial charge in [0, 0.05) is 28.4 Å². The van der Waals surface area contributed by atoms with Crippen LogP contribution in [0, 0.1) is 0 Å². The molecule has 0 aliphatic heterocycles. The normalized spacial score (nSPS) is 16.1. The molecule has 0 radical (unpaired) electrons. The van der Waals surface area contributed by atoms with Crippen LogP contribution >= 0.6 is 15.9 Å². The van der Waals surface area contributed by atoms with Crippen LogP contribution < -0.4 is 5.32 Å². The minimum atomic E-state index is 0.221. The number of nitrogens with one attached hydrogen (secondary N) is 1. The Kier molecular flexibility index (Phi) is 3.21. The molecule has 0 amide bonds. The second-order valence-electron chi connectivity index (χ2n) is 3.62. The number of hydrogen-bond acceptors (Lipinski definition) is 2. The predicted molar refractivity (Wildman–Crippen MR) is 64.7 cm³/mol. The van der Waals surface area contributed by atoms with E-state index in [0.29, 0.717) is 6.42 Å². The summed E-state index contributed by atoms with van der Waals surface area (Å²) in [5, 5.41) is 3.26. The monoisotopic (exact) mass is 265 g/mol. The molecule has 2 nitrogen and oxygen atoms in total. The van der Waals surface area contributed by atoms with E-state index < -0.39 is 0 Å². The fourth-order valence-electron chi connectivity index (χ4n) is 1.64. The van der Waals surface area contributed by atoms with Gasteiger partial charge in [0.25, 0.3) is 0 Å². The number of rotatable bonds is 2. The number of allylic oxidation sites excluding steroid dienone is 2. The van der Waals surface area contributed by atoms with Crippen molar-refractivity contribution in [3.8, 4) is 0 Å². The molecule has 0 spiro atoms. The van der Waals surface area contributed by atoms with Crippen molar-refractivity contribution in [1.82, 2.24) is 0 Å². The highest BCUT2D eigenvalue weighted by atomic mass is 79.9. The highest BCUT2D eigenvalue weighted by Crippen LogP contribution is 2.21. The minimum absolute atomic E-state index is 0.221. The minimum Gasteiger partial charge on any atom is -0.359 e. The topological polar surface area (TPSA) is 29.1 Å². The highest BCUT2D eigenvalue weighted by molar-refractivity contribution is 9.10. The molecular formula is C12H12BrNO. The third-order valence-corrected chi connectivity index (χ3v) is 2.83. The molecule has 0 bridgehead atoms. The van der Waals surface area contributed by atoms with Gasteiger partial charge in [-0.25, -0.2) is 0 Å². The van der Waals surface area contributed by atoms with Gasteiger partial charge in [-0.3, -0.25) is 4.79 Å². The van der Waals surface area contributed by atoms with Gasteiger partial charge in [0.05, 0.1) is 0 Å². The van der Waals surface area contributed by atoms with Crippen molar-refractivity contribution in [1.29, 1.82) is 0 Å². The van der Waals surface area contributed by atoms with Crippen molar-refractivity contribution in [2.24, 2.45) is 0 Å². The number of ketones is 1. The fourth-order valence-corrected chi connectivity index (χ4v) is 2.04. The first-order valence-electron chi connectivity index (χ1n) is 5.00. The predicted octanol–water partition coefficient (Wildman–Crippen LogP) is 3.50. The number of anilines is 1. The van der Waals surface area contributed by atoms with E-state index in [9.17, 15) is 4.79 Å². The maximum atomic E-state index is 11.2. The summed E-state index contributed by atoms with van der Waals surface area (Å²) >= 11 is 3.41. The molecule has 15 heavy (non-hydrogen) atoms. The molecule has 2 rings (SSSR count). The molecule has 0 saturated heterocycles. The molecule has 0 unspecified atom stereocenters. The second-order valence-corrected chi connectivity index (χ2v) is 4.54. The van der Waals surface area contributed by atoms with E-state index in [1.165, 1.54) is 0 Å². The van der Waals surface area contributed by atoms with Gasteiger partial charge in [-0.15, -0.1) is 0 Å². The maximum absolute atomic E-state index is 11.2. The molecule has 1 aromatic rings. The standard InChI is InChI=1S/C12H12BrNO/c13-9-3-1-4-10(7-9)14-11-5-2-6-12(15)8-11/h1,3-4,7-8,14H,2,5-6H2. The van der Waals surface area contributed by atoms with Crippen LogP contribution in [0.5, 0.6) is 0 Å². The zero-order valence-electron chi connectivity index (χ0n) is 8.29. The Morgan fingerprint density at radius 2 is 2.13 bits per heavy atom. The van der Waals surface area contributed by atoms with E-state index in [1.807, 2.05) is 24.3 Å². The molecule has 1 aliphatic rings. The molecule has 1 aromatic carbocycles. The van der Waals surface area contributed by atoms with E-state index in [1.54, 1.807) is 6.08 Å². The first-order valence-corrected chi connectivity index (χ1v) is 5.79. The number of carbonyl (C=O) groups excluding carboxylic acids is 1. The van der Waals surface area contributed by atoms with Gasteiger partial charge in [-0.2, -0.15) is 0 Å². The number of benzene rings is 1. The average Bonchev–Trinajstić information content (AvgIpc) is 2.17. The summed E-state index contributed by atoms with van der Waals surface area (Å²) in [6.07, 6.45) is 4.30. The van der Waals surface area contributed by atoms with Crippen molar-refractivity contribution in [2.45, 2.75) is 19.3 Å². The third kappa shape index (κ3) is 2.93. The zero-order valence-corrected chi connectivity index (χ0v) is 9.88.